The molecule has 6 heteroatoms. The van der Waals surface area contributed by atoms with Crippen molar-refractivity contribution in [3.63, 3.8) is 0 Å². The summed E-state index contributed by atoms with van der Waals surface area (Å²) in [6.07, 6.45) is 2.88. The van der Waals surface area contributed by atoms with Crippen molar-refractivity contribution in [1.29, 1.82) is 0 Å². The Kier molecular flexibility index (Phi) is 6.00. The molecular weight excluding hydrogens is 276 g/mol. The van der Waals surface area contributed by atoms with Crippen molar-refractivity contribution in [3.05, 3.63) is 23.9 Å². The monoisotopic (exact) mass is 304 g/mol. The lowest BCUT2D eigenvalue weighted by Gasteiger charge is -2.33. The zero-order valence-corrected chi connectivity index (χ0v) is 13.9. The molecular formula is C16H28N6. The second-order valence-electron chi connectivity index (χ2n) is 5.97. The largest absolute Gasteiger partial charge is 0.370 e. The molecule has 0 saturated carbocycles. The highest BCUT2D eigenvalue weighted by molar-refractivity contribution is 5.78. The van der Waals surface area contributed by atoms with E-state index in [1.165, 1.54) is 0 Å². The van der Waals surface area contributed by atoms with Crippen molar-refractivity contribution in [2.24, 2.45) is 10.7 Å². The van der Waals surface area contributed by atoms with Crippen LogP contribution in [-0.2, 0) is 6.54 Å². The van der Waals surface area contributed by atoms with Crippen LogP contribution < -0.4 is 16.0 Å². The fraction of sp³-hybridized carbons (Fsp3) is 0.625. The van der Waals surface area contributed by atoms with E-state index < -0.39 is 0 Å². The van der Waals surface area contributed by atoms with Crippen LogP contribution in [0.4, 0.5) is 5.82 Å². The first-order valence-electron chi connectivity index (χ1n) is 8.03. The number of aliphatic imine (C=N–C) groups is 1. The Balaban J connectivity index is 1.95. The Bertz CT molecular complexity index is 493. The minimum absolute atomic E-state index is 0.349. The summed E-state index contributed by atoms with van der Waals surface area (Å²) in [7, 11) is 2.16. The molecule has 1 atom stereocenters. The molecule has 3 N–H and O–H groups in total. The summed E-state index contributed by atoms with van der Waals surface area (Å²) in [4.78, 5) is 13.6. The molecule has 122 valence electrons. The number of rotatable bonds is 5. The number of guanidine groups is 1. The molecule has 2 rings (SSSR count). The van der Waals surface area contributed by atoms with Gasteiger partial charge in [0.05, 0.1) is 6.54 Å². The Hall–Kier alpha value is -1.82. The number of hydrogen-bond acceptors (Lipinski definition) is 4. The number of hydrogen-bond donors (Lipinski definition) is 2. The molecule has 1 aliphatic heterocycles. The molecule has 22 heavy (non-hydrogen) atoms. The molecule has 0 aromatic carbocycles. The summed E-state index contributed by atoms with van der Waals surface area (Å²) in [6.45, 7) is 9.00. The minimum atomic E-state index is 0.349. The predicted molar refractivity (Wildman–Crippen MR) is 92.2 cm³/mol. The standard InChI is InChI=1S/C16H28N6/c1-4-13(2)20-16(17)19-12-14-5-6-18-15(11-14)22-9-7-21(3)8-10-22/h5-6,11,13H,4,7-10,12H2,1-3H3,(H3,17,19,20). The van der Waals surface area contributed by atoms with Crippen LogP contribution in [0.5, 0.6) is 0 Å². The van der Waals surface area contributed by atoms with Crippen molar-refractivity contribution >= 4 is 11.8 Å². The van der Waals surface area contributed by atoms with Gasteiger partial charge in [-0.15, -0.1) is 0 Å². The third-order valence-corrected chi connectivity index (χ3v) is 4.08. The van der Waals surface area contributed by atoms with E-state index in [-0.39, 0.29) is 0 Å². The first-order chi connectivity index (χ1) is 10.6. The van der Waals surface area contributed by atoms with Gasteiger partial charge in [0.1, 0.15) is 5.82 Å². The highest BCUT2D eigenvalue weighted by Crippen LogP contribution is 2.15. The lowest BCUT2D eigenvalue weighted by molar-refractivity contribution is 0.312. The molecule has 0 aliphatic carbocycles. The molecule has 1 aromatic heterocycles. The molecule has 1 saturated heterocycles. The first-order valence-corrected chi connectivity index (χ1v) is 8.03. The van der Waals surface area contributed by atoms with Gasteiger partial charge >= 0.3 is 0 Å². The number of anilines is 1. The van der Waals surface area contributed by atoms with Crippen molar-refractivity contribution < 1.29 is 0 Å². The molecule has 1 aliphatic rings. The van der Waals surface area contributed by atoms with Gasteiger partial charge in [-0.1, -0.05) is 6.92 Å². The van der Waals surface area contributed by atoms with E-state index in [1.807, 2.05) is 12.3 Å². The van der Waals surface area contributed by atoms with Crippen molar-refractivity contribution in [2.45, 2.75) is 32.9 Å². The van der Waals surface area contributed by atoms with Gasteiger partial charge in [-0.05, 0) is 38.1 Å². The summed E-state index contributed by atoms with van der Waals surface area (Å²) < 4.78 is 0. The molecule has 0 bridgehead atoms. The van der Waals surface area contributed by atoms with E-state index in [1.54, 1.807) is 0 Å². The second kappa shape index (κ2) is 7.98. The maximum Gasteiger partial charge on any atom is 0.189 e. The van der Waals surface area contributed by atoms with Crippen LogP contribution in [0.1, 0.15) is 25.8 Å². The van der Waals surface area contributed by atoms with Gasteiger partial charge in [0, 0.05) is 38.4 Å². The Morgan fingerprint density at radius 1 is 1.41 bits per heavy atom. The van der Waals surface area contributed by atoms with Crippen LogP contribution in [-0.4, -0.2) is 55.1 Å². The highest BCUT2D eigenvalue weighted by Gasteiger charge is 2.15. The first kappa shape index (κ1) is 16.5. The summed E-state index contributed by atoms with van der Waals surface area (Å²) in [6, 6.07) is 4.47. The Morgan fingerprint density at radius 3 is 2.82 bits per heavy atom. The molecule has 0 amide bonds. The number of nitrogens with zero attached hydrogens (tertiary/aromatic N) is 4. The maximum absolute atomic E-state index is 5.90. The quantitative estimate of drug-likeness (QED) is 0.628. The Morgan fingerprint density at radius 2 is 2.14 bits per heavy atom. The number of piperazine rings is 1. The molecule has 1 fully saturated rings. The fourth-order valence-corrected chi connectivity index (χ4v) is 2.34. The number of nitrogens with two attached hydrogens (primary N) is 1. The molecule has 1 unspecified atom stereocenters. The predicted octanol–water partition coefficient (Wildman–Crippen LogP) is 1.04. The number of nitrogens with one attached hydrogen (secondary N) is 1. The van der Waals surface area contributed by atoms with Crippen LogP contribution >= 0.6 is 0 Å². The lowest BCUT2D eigenvalue weighted by atomic mass is 10.2. The lowest BCUT2D eigenvalue weighted by Crippen LogP contribution is -2.44. The summed E-state index contributed by atoms with van der Waals surface area (Å²) in [5, 5.41) is 3.18. The third-order valence-electron chi connectivity index (χ3n) is 4.08. The van der Waals surface area contributed by atoms with Crippen LogP contribution in [0, 0.1) is 0 Å². The van der Waals surface area contributed by atoms with Crippen molar-refractivity contribution in [3.8, 4) is 0 Å². The molecule has 0 spiro atoms. The van der Waals surface area contributed by atoms with Gasteiger partial charge in [-0.25, -0.2) is 9.98 Å². The number of pyridine rings is 1. The number of aromatic nitrogens is 1. The molecule has 0 radical (unpaired) electrons. The van der Waals surface area contributed by atoms with Crippen LogP contribution in [0.3, 0.4) is 0 Å². The second-order valence-corrected chi connectivity index (χ2v) is 5.97. The fourth-order valence-electron chi connectivity index (χ4n) is 2.34. The molecule has 2 heterocycles. The van der Waals surface area contributed by atoms with E-state index in [4.69, 9.17) is 5.73 Å². The van der Waals surface area contributed by atoms with Gasteiger partial charge in [0.25, 0.3) is 0 Å². The van der Waals surface area contributed by atoms with E-state index in [9.17, 15) is 0 Å². The average Bonchev–Trinajstić information content (AvgIpc) is 2.54. The van der Waals surface area contributed by atoms with Gasteiger partial charge in [-0.3, -0.25) is 0 Å². The molecule has 6 nitrogen and oxygen atoms in total. The van der Waals surface area contributed by atoms with Crippen LogP contribution in [0.15, 0.2) is 23.3 Å². The third kappa shape index (κ3) is 4.87. The van der Waals surface area contributed by atoms with E-state index >= 15 is 0 Å². The summed E-state index contributed by atoms with van der Waals surface area (Å²) >= 11 is 0. The van der Waals surface area contributed by atoms with Crippen molar-refractivity contribution in [2.75, 3.05) is 38.1 Å². The average molecular weight is 304 g/mol. The zero-order chi connectivity index (χ0) is 15.9. The van der Waals surface area contributed by atoms with Crippen molar-refractivity contribution in [1.82, 2.24) is 15.2 Å². The van der Waals surface area contributed by atoms with E-state index in [0.717, 1.165) is 44.0 Å². The maximum atomic E-state index is 5.90. The zero-order valence-electron chi connectivity index (χ0n) is 13.9. The molecule has 1 aromatic rings. The normalized spacial score (nSPS) is 18.3. The SMILES string of the molecule is CCC(C)NC(N)=NCc1ccnc(N2CCN(C)CC2)c1. The van der Waals surface area contributed by atoms with Crippen LogP contribution in [0.2, 0.25) is 0 Å². The van der Waals surface area contributed by atoms with E-state index in [2.05, 4.69) is 52.1 Å². The van der Waals surface area contributed by atoms with Crippen LogP contribution in [0.25, 0.3) is 0 Å². The highest BCUT2D eigenvalue weighted by atomic mass is 15.3. The van der Waals surface area contributed by atoms with Gasteiger partial charge in [0.2, 0.25) is 0 Å². The smallest absolute Gasteiger partial charge is 0.189 e. The van der Waals surface area contributed by atoms with E-state index in [0.29, 0.717) is 18.5 Å². The summed E-state index contributed by atoms with van der Waals surface area (Å²) in [5.74, 6) is 1.54. The number of likely N-dealkylation sites (N-methyl/N-ethyl adjacent to an activating group) is 1. The van der Waals surface area contributed by atoms with Gasteiger partial charge < -0.3 is 20.9 Å². The van der Waals surface area contributed by atoms with Gasteiger partial charge in [0.15, 0.2) is 5.96 Å². The summed E-state index contributed by atoms with van der Waals surface area (Å²) in [5.41, 5.74) is 7.04. The Labute approximate surface area is 133 Å². The topological polar surface area (TPSA) is 69.8 Å². The van der Waals surface area contributed by atoms with Gasteiger partial charge in [-0.2, -0.15) is 0 Å². The minimum Gasteiger partial charge on any atom is -0.370 e.